The SMILES string of the molecule is CCCNCCNC(=O)C1CCN(C(=O)c2ccc(Br)cc2)CC1. The van der Waals surface area contributed by atoms with Gasteiger partial charge in [0.15, 0.2) is 0 Å². The maximum Gasteiger partial charge on any atom is 0.253 e. The molecule has 1 aliphatic rings. The first kappa shape index (κ1) is 18.9. The lowest BCUT2D eigenvalue weighted by atomic mass is 9.95. The largest absolute Gasteiger partial charge is 0.355 e. The van der Waals surface area contributed by atoms with Crippen LogP contribution in [0.5, 0.6) is 0 Å². The van der Waals surface area contributed by atoms with Gasteiger partial charge in [-0.25, -0.2) is 0 Å². The first-order chi connectivity index (χ1) is 11.6. The van der Waals surface area contributed by atoms with Gasteiger partial charge in [-0.15, -0.1) is 0 Å². The molecule has 2 amide bonds. The van der Waals surface area contributed by atoms with Crippen molar-refractivity contribution in [1.82, 2.24) is 15.5 Å². The number of nitrogens with zero attached hydrogens (tertiary/aromatic N) is 1. The highest BCUT2D eigenvalue weighted by atomic mass is 79.9. The maximum absolute atomic E-state index is 12.5. The number of hydrogen-bond donors (Lipinski definition) is 2. The minimum absolute atomic E-state index is 0.0187. The van der Waals surface area contributed by atoms with Crippen LogP contribution in [0, 0.1) is 5.92 Å². The van der Waals surface area contributed by atoms with E-state index in [0.717, 1.165) is 36.8 Å². The van der Waals surface area contributed by atoms with Crippen molar-refractivity contribution >= 4 is 27.7 Å². The van der Waals surface area contributed by atoms with Gasteiger partial charge >= 0.3 is 0 Å². The summed E-state index contributed by atoms with van der Waals surface area (Å²) >= 11 is 3.37. The van der Waals surface area contributed by atoms with Crippen LogP contribution in [0.2, 0.25) is 0 Å². The van der Waals surface area contributed by atoms with E-state index in [-0.39, 0.29) is 17.7 Å². The van der Waals surface area contributed by atoms with Crippen LogP contribution in [0.3, 0.4) is 0 Å². The summed E-state index contributed by atoms with van der Waals surface area (Å²) in [7, 11) is 0. The lowest BCUT2D eigenvalue weighted by Crippen LogP contribution is -2.44. The topological polar surface area (TPSA) is 61.4 Å². The lowest BCUT2D eigenvalue weighted by molar-refractivity contribution is -0.126. The van der Waals surface area contributed by atoms with Gasteiger partial charge in [0.25, 0.3) is 5.91 Å². The van der Waals surface area contributed by atoms with Crippen LogP contribution in [-0.4, -0.2) is 49.4 Å². The highest BCUT2D eigenvalue weighted by Crippen LogP contribution is 2.20. The Kier molecular flexibility index (Phi) is 7.72. The van der Waals surface area contributed by atoms with Gasteiger partial charge in [-0.3, -0.25) is 9.59 Å². The second kappa shape index (κ2) is 9.79. The number of halogens is 1. The summed E-state index contributed by atoms with van der Waals surface area (Å²) in [5.74, 6) is 0.180. The van der Waals surface area contributed by atoms with Crippen molar-refractivity contribution in [2.45, 2.75) is 26.2 Å². The third kappa shape index (κ3) is 5.60. The van der Waals surface area contributed by atoms with Crippen LogP contribution >= 0.6 is 15.9 Å². The molecule has 1 heterocycles. The van der Waals surface area contributed by atoms with E-state index in [0.29, 0.717) is 25.2 Å². The molecule has 1 aromatic carbocycles. The average Bonchev–Trinajstić information content (AvgIpc) is 2.61. The fourth-order valence-corrected chi connectivity index (χ4v) is 3.10. The molecule has 0 atom stereocenters. The third-order valence-corrected chi connectivity index (χ3v) is 4.80. The molecule has 6 heteroatoms. The summed E-state index contributed by atoms with van der Waals surface area (Å²) in [6.07, 6.45) is 2.56. The first-order valence-corrected chi connectivity index (χ1v) is 9.44. The molecule has 2 rings (SSSR count). The Hall–Kier alpha value is -1.40. The smallest absolute Gasteiger partial charge is 0.253 e. The number of likely N-dealkylation sites (tertiary alicyclic amines) is 1. The quantitative estimate of drug-likeness (QED) is 0.696. The molecule has 0 radical (unpaired) electrons. The average molecular weight is 396 g/mol. The van der Waals surface area contributed by atoms with E-state index >= 15 is 0 Å². The number of hydrogen-bond acceptors (Lipinski definition) is 3. The summed E-state index contributed by atoms with van der Waals surface area (Å²) in [5.41, 5.74) is 0.697. The molecule has 1 saturated heterocycles. The zero-order valence-electron chi connectivity index (χ0n) is 14.2. The maximum atomic E-state index is 12.5. The van der Waals surface area contributed by atoms with Gasteiger partial charge < -0.3 is 15.5 Å². The van der Waals surface area contributed by atoms with Crippen molar-refractivity contribution in [2.24, 2.45) is 5.92 Å². The molecule has 0 bridgehead atoms. The zero-order valence-corrected chi connectivity index (χ0v) is 15.8. The van der Waals surface area contributed by atoms with Crippen LogP contribution in [0.25, 0.3) is 0 Å². The number of rotatable bonds is 7. The minimum Gasteiger partial charge on any atom is -0.355 e. The molecule has 0 aliphatic carbocycles. The van der Waals surface area contributed by atoms with Gasteiger partial charge in [-0.05, 0) is 50.1 Å². The van der Waals surface area contributed by atoms with Crippen LogP contribution in [0.15, 0.2) is 28.7 Å². The van der Waals surface area contributed by atoms with Gasteiger partial charge in [0.05, 0.1) is 0 Å². The summed E-state index contributed by atoms with van der Waals surface area (Å²) in [5, 5.41) is 6.25. The Morgan fingerprint density at radius 1 is 1.12 bits per heavy atom. The predicted molar refractivity (Wildman–Crippen MR) is 98.9 cm³/mol. The fourth-order valence-electron chi connectivity index (χ4n) is 2.84. The first-order valence-electron chi connectivity index (χ1n) is 8.65. The van der Waals surface area contributed by atoms with E-state index in [2.05, 4.69) is 33.5 Å². The number of piperidine rings is 1. The monoisotopic (exact) mass is 395 g/mol. The van der Waals surface area contributed by atoms with Gasteiger partial charge in [0, 0.05) is 42.1 Å². The van der Waals surface area contributed by atoms with Crippen LogP contribution in [0.4, 0.5) is 0 Å². The highest BCUT2D eigenvalue weighted by Gasteiger charge is 2.27. The Labute approximate surface area is 152 Å². The molecule has 1 fully saturated rings. The van der Waals surface area contributed by atoms with Crippen molar-refractivity contribution < 1.29 is 9.59 Å². The summed E-state index contributed by atoms with van der Waals surface area (Å²) < 4.78 is 0.961. The second-order valence-corrected chi connectivity index (χ2v) is 7.03. The molecular formula is C18H26BrN3O2. The molecule has 0 unspecified atom stereocenters. The molecule has 5 nitrogen and oxygen atoms in total. The van der Waals surface area contributed by atoms with E-state index in [4.69, 9.17) is 0 Å². The Balaban J connectivity index is 1.73. The third-order valence-electron chi connectivity index (χ3n) is 4.27. The van der Waals surface area contributed by atoms with Gasteiger partial charge in [0.2, 0.25) is 5.91 Å². The van der Waals surface area contributed by atoms with Gasteiger partial charge in [0.1, 0.15) is 0 Å². The lowest BCUT2D eigenvalue weighted by Gasteiger charge is -2.31. The Bertz CT molecular complexity index is 540. The van der Waals surface area contributed by atoms with E-state index in [1.54, 1.807) is 0 Å². The number of nitrogens with one attached hydrogen (secondary N) is 2. The van der Waals surface area contributed by atoms with Crippen molar-refractivity contribution in [1.29, 1.82) is 0 Å². The normalized spacial score (nSPS) is 15.3. The minimum atomic E-state index is 0.0187. The van der Waals surface area contributed by atoms with Crippen LogP contribution < -0.4 is 10.6 Å². The molecular weight excluding hydrogens is 370 g/mol. The molecule has 0 saturated carbocycles. The Morgan fingerprint density at radius 3 is 2.42 bits per heavy atom. The number of carbonyl (C=O) groups is 2. The molecule has 0 aromatic heterocycles. The Morgan fingerprint density at radius 2 is 1.79 bits per heavy atom. The molecule has 132 valence electrons. The molecule has 1 aromatic rings. The highest BCUT2D eigenvalue weighted by molar-refractivity contribution is 9.10. The van der Waals surface area contributed by atoms with E-state index < -0.39 is 0 Å². The standard InChI is InChI=1S/C18H26BrN3O2/c1-2-9-20-10-11-21-17(23)14-7-12-22(13-8-14)18(24)15-3-5-16(19)6-4-15/h3-6,14,20H,2,7-13H2,1H3,(H,21,23). The zero-order chi connectivity index (χ0) is 17.4. The van der Waals surface area contributed by atoms with E-state index in [9.17, 15) is 9.59 Å². The summed E-state index contributed by atoms with van der Waals surface area (Å²) in [4.78, 5) is 26.5. The van der Waals surface area contributed by atoms with E-state index in [1.165, 1.54) is 0 Å². The number of amides is 2. The van der Waals surface area contributed by atoms with Crippen molar-refractivity contribution in [2.75, 3.05) is 32.7 Å². The molecule has 0 spiro atoms. The van der Waals surface area contributed by atoms with Crippen LogP contribution in [0.1, 0.15) is 36.5 Å². The number of carbonyl (C=O) groups excluding carboxylic acids is 2. The van der Waals surface area contributed by atoms with E-state index in [1.807, 2.05) is 29.2 Å². The summed E-state index contributed by atoms with van der Waals surface area (Å²) in [6.45, 7) is 5.85. The van der Waals surface area contributed by atoms with Gasteiger partial charge in [-0.1, -0.05) is 22.9 Å². The predicted octanol–water partition coefficient (Wildman–Crippen LogP) is 2.42. The van der Waals surface area contributed by atoms with Gasteiger partial charge in [-0.2, -0.15) is 0 Å². The molecule has 1 aliphatic heterocycles. The summed E-state index contributed by atoms with van der Waals surface area (Å²) in [6, 6.07) is 7.41. The fraction of sp³-hybridized carbons (Fsp3) is 0.556. The van der Waals surface area contributed by atoms with Crippen molar-refractivity contribution in [3.63, 3.8) is 0 Å². The molecule has 2 N–H and O–H groups in total. The van der Waals surface area contributed by atoms with Crippen molar-refractivity contribution in [3.8, 4) is 0 Å². The second-order valence-electron chi connectivity index (χ2n) is 6.11. The van der Waals surface area contributed by atoms with Crippen molar-refractivity contribution in [3.05, 3.63) is 34.3 Å². The molecule has 24 heavy (non-hydrogen) atoms. The van der Waals surface area contributed by atoms with Crippen LogP contribution in [-0.2, 0) is 4.79 Å². The number of benzene rings is 1.